The van der Waals surface area contributed by atoms with Crippen molar-refractivity contribution in [2.24, 2.45) is 5.41 Å². The van der Waals surface area contributed by atoms with Crippen LogP contribution >= 0.6 is 11.3 Å². The molecule has 3 amide bonds. The molecule has 1 aliphatic heterocycles. The molecule has 0 aromatic carbocycles. The third-order valence-electron chi connectivity index (χ3n) is 4.20. The molecule has 7 heteroatoms. The zero-order valence-corrected chi connectivity index (χ0v) is 16.0. The van der Waals surface area contributed by atoms with E-state index in [1.165, 1.54) is 11.3 Å². The largest absolute Gasteiger partial charge is 0.352 e. The van der Waals surface area contributed by atoms with Crippen LogP contribution in [0.1, 0.15) is 44.0 Å². The second-order valence-electron chi connectivity index (χ2n) is 7.29. The molecule has 2 rings (SSSR count). The van der Waals surface area contributed by atoms with Crippen LogP contribution in [0.3, 0.4) is 0 Å². The predicted octanol–water partition coefficient (Wildman–Crippen LogP) is 1.97. The Morgan fingerprint density at radius 2 is 1.76 bits per heavy atom. The topological polar surface area (TPSA) is 69.7 Å². The molecule has 0 saturated carbocycles. The van der Waals surface area contributed by atoms with Gasteiger partial charge in [0.25, 0.3) is 5.91 Å². The van der Waals surface area contributed by atoms with Crippen molar-refractivity contribution < 1.29 is 14.4 Å². The molecule has 1 aromatic heterocycles. The fourth-order valence-corrected chi connectivity index (χ4v) is 3.36. The van der Waals surface area contributed by atoms with Crippen LogP contribution in [-0.2, 0) is 9.59 Å². The highest BCUT2D eigenvalue weighted by atomic mass is 32.1. The first-order valence-corrected chi connectivity index (χ1v) is 9.61. The first-order chi connectivity index (χ1) is 11.8. The number of amides is 3. The van der Waals surface area contributed by atoms with Gasteiger partial charge in [-0.3, -0.25) is 14.4 Å². The fourth-order valence-electron chi connectivity index (χ4n) is 2.73. The summed E-state index contributed by atoms with van der Waals surface area (Å²) in [5.74, 6) is 0.131. The fraction of sp³-hybridized carbons (Fsp3) is 0.611. The molecular weight excluding hydrogens is 338 g/mol. The molecule has 0 radical (unpaired) electrons. The van der Waals surface area contributed by atoms with Gasteiger partial charge in [-0.15, -0.1) is 0 Å². The van der Waals surface area contributed by atoms with Gasteiger partial charge in [0.1, 0.15) is 0 Å². The van der Waals surface area contributed by atoms with Crippen molar-refractivity contribution in [3.8, 4) is 0 Å². The summed E-state index contributed by atoms with van der Waals surface area (Å²) in [4.78, 5) is 40.0. The van der Waals surface area contributed by atoms with E-state index < -0.39 is 0 Å². The smallest absolute Gasteiger partial charge is 0.252 e. The number of carbonyl (C=O) groups is 3. The highest BCUT2D eigenvalue weighted by Gasteiger charge is 2.30. The van der Waals surface area contributed by atoms with Gasteiger partial charge in [-0.05, 0) is 17.9 Å². The van der Waals surface area contributed by atoms with Gasteiger partial charge in [0.15, 0.2) is 0 Å². The zero-order chi connectivity index (χ0) is 18.4. The lowest BCUT2D eigenvalue weighted by Gasteiger charge is -2.37. The van der Waals surface area contributed by atoms with E-state index in [2.05, 4.69) is 5.32 Å². The lowest BCUT2D eigenvalue weighted by molar-refractivity contribution is -0.144. The minimum absolute atomic E-state index is 0.0904. The van der Waals surface area contributed by atoms with E-state index in [4.69, 9.17) is 0 Å². The maximum absolute atomic E-state index is 12.3. The number of rotatable bonds is 5. The van der Waals surface area contributed by atoms with Gasteiger partial charge in [0.05, 0.1) is 0 Å². The van der Waals surface area contributed by atoms with E-state index in [0.717, 1.165) is 0 Å². The SMILES string of the molecule is CC(C)(C)C(=O)N1CCN(C(=O)CCCNC(=O)c2ccsc2)CC1. The van der Waals surface area contributed by atoms with E-state index in [-0.39, 0.29) is 23.1 Å². The average molecular weight is 365 g/mol. The number of nitrogens with one attached hydrogen (secondary N) is 1. The van der Waals surface area contributed by atoms with E-state index in [1.807, 2.05) is 36.0 Å². The van der Waals surface area contributed by atoms with Crippen LogP contribution in [0.15, 0.2) is 16.8 Å². The standard InChI is InChI=1S/C18H27N3O3S/c1-18(2,3)17(24)21-10-8-20(9-11-21)15(22)5-4-7-19-16(23)14-6-12-25-13-14/h6,12-13H,4-5,7-11H2,1-3H3,(H,19,23). The summed E-state index contributed by atoms with van der Waals surface area (Å²) >= 11 is 1.48. The maximum Gasteiger partial charge on any atom is 0.252 e. The van der Waals surface area contributed by atoms with Gasteiger partial charge in [0.2, 0.25) is 11.8 Å². The van der Waals surface area contributed by atoms with Gasteiger partial charge in [-0.2, -0.15) is 11.3 Å². The van der Waals surface area contributed by atoms with E-state index >= 15 is 0 Å². The molecule has 1 fully saturated rings. The Labute approximate surface area is 153 Å². The minimum Gasteiger partial charge on any atom is -0.352 e. The molecule has 1 aliphatic rings. The summed E-state index contributed by atoms with van der Waals surface area (Å²) in [6.07, 6.45) is 1.03. The Morgan fingerprint density at radius 1 is 1.12 bits per heavy atom. The average Bonchev–Trinajstić information content (AvgIpc) is 3.11. The molecule has 0 bridgehead atoms. The minimum atomic E-state index is -0.382. The first kappa shape index (κ1) is 19.4. The third-order valence-corrected chi connectivity index (χ3v) is 4.88. The van der Waals surface area contributed by atoms with E-state index in [9.17, 15) is 14.4 Å². The Balaban J connectivity index is 1.65. The van der Waals surface area contributed by atoms with Crippen LogP contribution in [0.5, 0.6) is 0 Å². The van der Waals surface area contributed by atoms with Crippen LogP contribution < -0.4 is 5.32 Å². The molecule has 1 saturated heterocycles. The van der Waals surface area contributed by atoms with Gasteiger partial charge < -0.3 is 15.1 Å². The summed E-state index contributed by atoms with van der Waals surface area (Å²) in [5.41, 5.74) is 0.281. The highest BCUT2D eigenvalue weighted by Crippen LogP contribution is 2.18. The van der Waals surface area contributed by atoms with Crippen molar-refractivity contribution in [2.75, 3.05) is 32.7 Å². The third kappa shape index (κ3) is 5.56. The van der Waals surface area contributed by atoms with Crippen molar-refractivity contribution in [1.29, 1.82) is 0 Å². The van der Waals surface area contributed by atoms with Crippen molar-refractivity contribution in [3.05, 3.63) is 22.4 Å². The van der Waals surface area contributed by atoms with Gasteiger partial charge in [-0.25, -0.2) is 0 Å². The molecule has 25 heavy (non-hydrogen) atoms. The molecule has 0 atom stereocenters. The van der Waals surface area contributed by atoms with Crippen LogP contribution in [0.4, 0.5) is 0 Å². The number of thiophene rings is 1. The van der Waals surface area contributed by atoms with Crippen LogP contribution in [-0.4, -0.2) is 60.2 Å². The Morgan fingerprint density at radius 3 is 2.32 bits per heavy atom. The molecule has 0 spiro atoms. The van der Waals surface area contributed by atoms with E-state index in [1.54, 1.807) is 11.4 Å². The predicted molar refractivity (Wildman–Crippen MR) is 98.5 cm³/mol. The lowest BCUT2D eigenvalue weighted by Crippen LogP contribution is -2.53. The lowest BCUT2D eigenvalue weighted by atomic mass is 9.94. The number of piperazine rings is 1. The summed E-state index contributed by atoms with van der Waals surface area (Å²) in [7, 11) is 0. The molecule has 2 heterocycles. The van der Waals surface area contributed by atoms with E-state index in [0.29, 0.717) is 51.1 Å². The molecule has 1 N–H and O–H groups in total. The van der Waals surface area contributed by atoms with Gasteiger partial charge in [0, 0.05) is 55.5 Å². The molecule has 0 aliphatic carbocycles. The van der Waals surface area contributed by atoms with Crippen LogP contribution in [0, 0.1) is 5.41 Å². The number of hydrogen-bond donors (Lipinski definition) is 1. The first-order valence-electron chi connectivity index (χ1n) is 8.66. The zero-order valence-electron chi connectivity index (χ0n) is 15.2. The second-order valence-corrected chi connectivity index (χ2v) is 8.07. The number of carbonyl (C=O) groups excluding carboxylic acids is 3. The number of hydrogen-bond acceptors (Lipinski definition) is 4. The quantitative estimate of drug-likeness (QED) is 0.811. The van der Waals surface area contributed by atoms with Gasteiger partial charge in [-0.1, -0.05) is 20.8 Å². The van der Waals surface area contributed by atoms with Crippen LogP contribution in [0.2, 0.25) is 0 Å². The summed E-state index contributed by atoms with van der Waals surface area (Å²) in [6, 6.07) is 1.78. The summed E-state index contributed by atoms with van der Waals surface area (Å²) in [5, 5.41) is 6.49. The number of nitrogens with zero attached hydrogens (tertiary/aromatic N) is 2. The Hall–Kier alpha value is -1.89. The van der Waals surface area contributed by atoms with Crippen molar-refractivity contribution in [2.45, 2.75) is 33.6 Å². The highest BCUT2D eigenvalue weighted by molar-refractivity contribution is 7.08. The van der Waals surface area contributed by atoms with Crippen molar-refractivity contribution in [3.63, 3.8) is 0 Å². The van der Waals surface area contributed by atoms with Crippen molar-refractivity contribution >= 4 is 29.1 Å². The molecule has 6 nitrogen and oxygen atoms in total. The molecule has 1 aromatic rings. The molecule has 138 valence electrons. The normalized spacial score (nSPS) is 15.2. The second kappa shape index (κ2) is 8.47. The maximum atomic E-state index is 12.3. The Kier molecular flexibility index (Phi) is 6.58. The van der Waals surface area contributed by atoms with Crippen molar-refractivity contribution in [1.82, 2.24) is 15.1 Å². The van der Waals surface area contributed by atoms with Gasteiger partial charge >= 0.3 is 0 Å². The monoisotopic (exact) mass is 365 g/mol. The Bertz CT molecular complexity index is 600. The summed E-state index contributed by atoms with van der Waals surface area (Å²) < 4.78 is 0. The molecular formula is C18H27N3O3S. The summed E-state index contributed by atoms with van der Waals surface area (Å²) in [6.45, 7) is 8.59. The molecule has 0 unspecified atom stereocenters. The van der Waals surface area contributed by atoms with Crippen LogP contribution in [0.25, 0.3) is 0 Å².